The SMILES string of the molecule is O=C(Nc1cc(Cl)cc(C(F)(F)F)c1)Nc1ncc(C(=O)O)o1. The summed E-state index contributed by atoms with van der Waals surface area (Å²) in [6, 6.07) is 1.08. The van der Waals surface area contributed by atoms with E-state index in [1.807, 2.05) is 5.32 Å². The summed E-state index contributed by atoms with van der Waals surface area (Å²) in [5, 5.41) is 12.5. The fourth-order valence-corrected chi connectivity index (χ4v) is 1.75. The third-order valence-corrected chi connectivity index (χ3v) is 2.64. The number of rotatable bonds is 3. The van der Waals surface area contributed by atoms with Gasteiger partial charge in [-0.25, -0.2) is 14.6 Å². The lowest BCUT2D eigenvalue weighted by atomic mass is 10.2. The number of urea groups is 1. The number of hydrogen-bond acceptors (Lipinski definition) is 4. The number of carboxylic acid groups (broad SMARTS) is 1. The monoisotopic (exact) mass is 349 g/mol. The van der Waals surface area contributed by atoms with Crippen molar-refractivity contribution in [2.24, 2.45) is 0 Å². The van der Waals surface area contributed by atoms with Crippen LogP contribution >= 0.6 is 11.6 Å². The van der Waals surface area contributed by atoms with Crippen LogP contribution in [0.15, 0.2) is 28.8 Å². The zero-order chi connectivity index (χ0) is 17.2. The van der Waals surface area contributed by atoms with Crippen molar-refractivity contribution in [3.63, 3.8) is 0 Å². The second-order valence-electron chi connectivity index (χ2n) is 4.14. The average molecular weight is 350 g/mol. The molecule has 7 nitrogen and oxygen atoms in total. The van der Waals surface area contributed by atoms with E-state index in [9.17, 15) is 22.8 Å². The second-order valence-corrected chi connectivity index (χ2v) is 4.58. The fraction of sp³-hybridized carbons (Fsp3) is 0.0833. The van der Waals surface area contributed by atoms with Gasteiger partial charge in [0.05, 0.1) is 11.8 Å². The van der Waals surface area contributed by atoms with Gasteiger partial charge < -0.3 is 14.8 Å². The minimum Gasteiger partial charge on any atom is -0.475 e. The molecular formula is C12H7ClF3N3O4. The predicted octanol–water partition coefficient (Wildman–Crippen LogP) is 3.69. The molecule has 0 spiro atoms. The van der Waals surface area contributed by atoms with E-state index in [1.165, 1.54) is 0 Å². The van der Waals surface area contributed by atoms with Gasteiger partial charge in [0.15, 0.2) is 0 Å². The van der Waals surface area contributed by atoms with Crippen LogP contribution in [0, 0.1) is 0 Å². The smallest absolute Gasteiger partial charge is 0.416 e. The van der Waals surface area contributed by atoms with Crippen molar-refractivity contribution in [2.45, 2.75) is 6.18 Å². The van der Waals surface area contributed by atoms with Crippen LogP contribution in [-0.4, -0.2) is 22.1 Å². The van der Waals surface area contributed by atoms with Crippen LogP contribution in [-0.2, 0) is 6.18 Å². The van der Waals surface area contributed by atoms with Crippen LogP contribution in [0.2, 0.25) is 5.02 Å². The number of benzene rings is 1. The number of anilines is 2. The maximum atomic E-state index is 12.6. The summed E-state index contributed by atoms with van der Waals surface area (Å²) in [4.78, 5) is 25.7. The number of nitrogens with one attached hydrogen (secondary N) is 2. The van der Waals surface area contributed by atoms with E-state index in [0.29, 0.717) is 12.1 Å². The first-order valence-electron chi connectivity index (χ1n) is 5.80. The number of carboxylic acids is 1. The van der Waals surface area contributed by atoms with E-state index in [1.54, 1.807) is 0 Å². The zero-order valence-corrected chi connectivity index (χ0v) is 11.7. The molecule has 1 aromatic heterocycles. The molecule has 122 valence electrons. The van der Waals surface area contributed by atoms with Crippen LogP contribution in [0.4, 0.5) is 29.7 Å². The molecule has 2 rings (SSSR count). The molecule has 0 aliphatic rings. The first kappa shape index (κ1) is 16.6. The first-order valence-corrected chi connectivity index (χ1v) is 6.18. The Hall–Kier alpha value is -2.75. The molecule has 0 atom stereocenters. The minimum absolute atomic E-state index is 0.215. The number of aromatic carboxylic acids is 1. The summed E-state index contributed by atoms with van der Waals surface area (Å²) < 4.78 is 42.6. The molecule has 0 aliphatic carbocycles. The molecule has 1 heterocycles. The lowest BCUT2D eigenvalue weighted by Gasteiger charge is -2.10. The molecule has 0 radical (unpaired) electrons. The average Bonchev–Trinajstić information content (AvgIpc) is 2.85. The number of hydrogen-bond donors (Lipinski definition) is 3. The van der Waals surface area contributed by atoms with Crippen molar-refractivity contribution in [3.05, 3.63) is 40.7 Å². The number of amides is 2. The van der Waals surface area contributed by atoms with Gasteiger partial charge in [0, 0.05) is 10.7 Å². The van der Waals surface area contributed by atoms with E-state index in [-0.39, 0.29) is 10.7 Å². The van der Waals surface area contributed by atoms with E-state index in [0.717, 1.165) is 12.3 Å². The molecule has 0 unspecified atom stereocenters. The van der Waals surface area contributed by atoms with Gasteiger partial charge in [-0.1, -0.05) is 11.6 Å². The van der Waals surface area contributed by atoms with Gasteiger partial charge in [-0.2, -0.15) is 13.2 Å². The van der Waals surface area contributed by atoms with Crippen LogP contribution in [0.1, 0.15) is 16.1 Å². The summed E-state index contributed by atoms with van der Waals surface area (Å²) in [5.74, 6) is -1.90. The first-order chi connectivity index (χ1) is 10.6. The maximum Gasteiger partial charge on any atom is 0.416 e. The number of alkyl halides is 3. The van der Waals surface area contributed by atoms with Crippen molar-refractivity contribution < 1.29 is 32.3 Å². The molecule has 3 N–H and O–H groups in total. The van der Waals surface area contributed by atoms with Gasteiger partial charge >= 0.3 is 24.2 Å². The van der Waals surface area contributed by atoms with E-state index in [2.05, 4.69) is 14.7 Å². The molecule has 0 saturated heterocycles. The number of halogens is 4. The van der Waals surface area contributed by atoms with Crippen molar-refractivity contribution >= 4 is 35.3 Å². The third-order valence-electron chi connectivity index (χ3n) is 2.42. The Balaban J connectivity index is 2.10. The summed E-state index contributed by atoms with van der Waals surface area (Å²) in [7, 11) is 0. The Morgan fingerprint density at radius 3 is 2.48 bits per heavy atom. The molecule has 2 aromatic rings. The summed E-state index contributed by atoms with van der Waals surface area (Å²) >= 11 is 5.57. The minimum atomic E-state index is -4.63. The molecule has 23 heavy (non-hydrogen) atoms. The summed E-state index contributed by atoms with van der Waals surface area (Å²) in [6.45, 7) is 0. The molecule has 11 heteroatoms. The van der Waals surface area contributed by atoms with Crippen molar-refractivity contribution in [3.8, 4) is 0 Å². The highest BCUT2D eigenvalue weighted by Crippen LogP contribution is 2.33. The normalized spacial score (nSPS) is 11.1. The van der Waals surface area contributed by atoms with Gasteiger partial charge in [0.25, 0.3) is 0 Å². The van der Waals surface area contributed by atoms with Crippen LogP contribution in [0.5, 0.6) is 0 Å². The highest BCUT2D eigenvalue weighted by Gasteiger charge is 2.31. The van der Waals surface area contributed by atoms with Crippen molar-refractivity contribution in [1.82, 2.24) is 4.98 Å². The largest absolute Gasteiger partial charge is 0.475 e. The number of nitrogens with zero attached hydrogens (tertiary/aromatic N) is 1. The van der Waals surface area contributed by atoms with Crippen molar-refractivity contribution in [2.75, 3.05) is 10.6 Å². The molecule has 0 bridgehead atoms. The molecule has 2 amide bonds. The highest BCUT2D eigenvalue weighted by atomic mass is 35.5. The summed E-state index contributed by atoms with van der Waals surface area (Å²) in [6.07, 6.45) is -3.77. The number of carbonyl (C=O) groups excluding carboxylic acids is 1. The van der Waals surface area contributed by atoms with Gasteiger partial charge in [-0.15, -0.1) is 0 Å². The van der Waals surface area contributed by atoms with Gasteiger partial charge in [0.1, 0.15) is 0 Å². The Kier molecular flexibility index (Phi) is 4.45. The Bertz CT molecular complexity index is 760. The predicted molar refractivity (Wildman–Crippen MR) is 72.6 cm³/mol. The lowest BCUT2D eigenvalue weighted by molar-refractivity contribution is -0.137. The van der Waals surface area contributed by atoms with Gasteiger partial charge in [-0.3, -0.25) is 5.32 Å². The van der Waals surface area contributed by atoms with E-state index >= 15 is 0 Å². The fourth-order valence-electron chi connectivity index (χ4n) is 1.52. The standard InChI is InChI=1S/C12H7ClF3N3O4/c13-6-1-5(12(14,15)16)2-7(3-6)18-10(22)19-11-17-4-8(23-11)9(20)21/h1-4H,(H,20,21)(H2,17,18,19,22). The van der Waals surface area contributed by atoms with Crippen LogP contribution in [0.25, 0.3) is 0 Å². The third kappa shape index (κ3) is 4.36. The highest BCUT2D eigenvalue weighted by molar-refractivity contribution is 6.31. The van der Waals surface area contributed by atoms with Gasteiger partial charge in [0.2, 0.25) is 5.76 Å². The molecule has 1 aromatic carbocycles. The Morgan fingerprint density at radius 1 is 1.22 bits per heavy atom. The van der Waals surface area contributed by atoms with Gasteiger partial charge in [-0.05, 0) is 18.2 Å². The quantitative estimate of drug-likeness (QED) is 0.784. The second kappa shape index (κ2) is 6.16. The number of oxazole rings is 1. The van der Waals surface area contributed by atoms with Crippen LogP contribution in [0.3, 0.4) is 0 Å². The zero-order valence-electron chi connectivity index (χ0n) is 10.9. The summed E-state index contributed by atoms with van der Waals surface area (Å²) in [5.41, 5.74) is -1.25. The number of aromatic nitrogens is 1. The Labute approximate surface area is 131 Å². The lowest BCUT2D eigenvalue weighted by Crippen LogP contribution is -2.20. The topological polar surface area (TPSA) is 104 Å². The van der Waals surface area contributed by atoms with Crippen LogP contribution < -0.4 is 10.6 Å². The van der Waals surface area contributed by atoms with E-state index in [4.69, 9.17) is 16.7 Å². The molecule has 0 aliphatic heterocycles. The molecular weight excluding hydrogens is 343 g/mol. The maximum absolute atomic E-state index is 12.6. The van der Waals surface area contributed by atoms with Crippen molar-refractivity contribution in [1.29, 1.82) is 0 Å². The molecule has 0 saturated carbocycles. The number of carbonyl (C=O) groups is 2. The van der Waals surface area contributed by atoms with E-state index < -0.39 is 35.5 Å². The molecule has 0 fully saturated rings. The Morgan fingerprint density at radius 2 is 1.91 bits per heavy atom.